The number of anilines is 1. The molecule has 1 saturated heterocycles. The molecule has 6 nitrogen and oxygen atoms in total. The van der Waals surface area contributed by atoms with Crippen molar-refractivity contribution in [1.29, 1.82) is 0 Å². The molecule has 108 valence electrons. The maximum absolute atomic E-state index is 11.6. The fraction of sp³-hybridized carbons (Fsp3) is 0.286. The van der Waals surface area contributed by atoms with Gasteiger partial charge in [-0.3, -0.25) is 25.0 Å². The molecule has 1 aliphatic rings. The van der Waals surface area contributed by atoms with Gasteiger partial charge in [0, 0.05) is 6.08 Å². The highest BCUT2D eigenvalue weighted by molar-refractivity contribution is 5.99. The molecule has 6 heteroatoms. The Kier molecular flexibility index (Phi) is 6.42. The monoisotopic (exact) mass is 277 g/mol. The largest absolute Gasteiger partial charge is 0.297 e. The topological polar surface area (TPSA) is 81.7 Å². The second kappa shape index (κ2) is 8.08. The van der Waals surface area contributed by atoms with Crippen molar-refractivity contribution in [2.75, 3.05) is 18.1 Å². The smallest absolute Gasteiger partial charge is 0.267 e. The number of carbonyl (C=O) groups excluding carboxylic acids is 2. The van der Waals surface area contributed by atoms with Gasteiger partial charge in [-0.15, -0.1) is 0 Å². The summed E-state index contributed by atoms with van der Waals surface area (Å²) in [5.74, 6) is -0.627. The van der Waals surface area contributed by atoms with Gasteiger partial charge in [-0.2, -0.15) is 0 Å². The summed E-state index contributed by atoms with van der Waals surface area (Å²) in [5, 5.41) is 11.4. The van der Waals surface area contributed by atoms with E-state index in [-0.39, 0.29) is 5.91 Å². The van der Waals surface area contributed by atoms with Gasteiger partial charge in [0.2, 0.25) is 5.91 Å². The summed E-state index contributed by atoms with van der Waals surface area (Å²) in [7, 11) is 0. The van der Waals surface area contributed by atoms with Gasteiger partial charge in [-0.1, -0.05) is 32.0 Å². The van der Waals surface area contributed by atoms with Gasteiger partial charge >= 0.3 is 0 Å². The summed E-state index contributed by atoms with van der Waals surface area (Å²) in [6, 6.07) is 7.24. The van der Waals surface area contributed by atoms with Crippen molar-refractivity contribution in [3.05, 3.63) is 35.9 Å². The number of rotatable bonds is 3. The number of hydrogen-bond donors (Lipinski definition) is 3. The third kappa shape index (κ3) is 3.91. The lowest BCUT2D eigenvalue weighted by molar-refractivity contribution is -0.124. The van der Waals surface area contributed by atoms with Crippen molar-refractivity contribution in [2.24, 2.45) is 0 Å². The second-order valence-electron chi connectivity index (χ2n) is 3.77. The van der Waals surface area contributed by atoms with E-state index in [1.165, 1.54) is 11.6 Å². The normalized spacial score (nSPS) is 14.2. The number of carbonyl (C=O) groups is 2. The zero-order valence-corrected chi connectivity index (χ0v) is 11.6. The zero-order valence-electron chi connectivity index (χ0n) is 11.6. The lowest BCUT2D eigenvalue weighted by atomic mass is 10.1. The van der Waals surface area contributed by atoms with Gasteiger partial charge in [0.1, 0.15) is 0 Å². The number of benzene rings is 1. The van der Waals surface area contributed by atoms with E-state index in [2.05, 4.69) is 5.32 Å². The van der Waals surface area contributed by atoms with Crippen LogP contribution >= 0.6 is 0 Å². The highest BCUT2D eigenvalue weighted by Crippen LogP contribution is 2.22. The Morgan fingerprint density at radius 2 is 2.10 bits per heavy atom. The molecule has 0 aromatic heterocycles. The lowest BCUT2D eigenvalue weighted by Crippen LogP contribution is -2.26. The molecule has 0 radical (unpaired) electrons. The van der Waals surface area contributed by atoms with E-state index in [4.69, 9.17) is 5.21 Å². The molecular formula is C14H19N3O3. The summed E-state index contributed by atoms with van der Waals surface area (Å²) in [6.07, 6.45) is 2.75. The summed E-state index contributed by atoms with van der Waals surface area (Å²) in [6.45, 7) is 4.77. The molecule has 1 aliphatic heterocycles. The van der Waals surface area contributed by atoms with Crippen molar-refractivity contribution in [1.82, 2.24) is 10.8 Å². The first-order valence-electron chi connectivity index (χ1n) is 6.44. The molecule has 0 bridgehead atoms. The summed E-state index contributed by atoms with van der Waals surface area (Å²) >= 11 is 0. The van der Waals surface area contributed by atoms with E-state index >= 15 is 0 Å². The minimum atomic E-state index is -0.615. The maximum Gasteiger partial charge on any atom is 0.267 e. The summed E-state index contributed by atoms with van der Waals surface area (Å²) in [4.78, 5) is 24.2. The summed E-state index contributed by atoms with van der Waals surface area (Å²) < 4.78 is 0. The van der Waals surface area contributed by atoms with E-state index in [0.717, 1.165) is 11.3 Å². The Morgan fingerprint density at radius 1 is 1.40 bits per heavy atom. The average Bonchev–Trinajstić information content (AvgIpc) is 2.93. The van der Waals surface area contributed by atoms with Crippen LogP contribution in [-0.4, -0.2) is 30.2 Å². The number of para-hydroxylation sites is 1. The molecule has 1 fully saturated rings. The Morgan fingerprint density at radius 3 is 2.70 bits per heavy atom. The Balaban J connectivity index is 0.000000956. The molecule has 0 saturated carbocycles. The Labute approximate surface area is 118 Å². The van der Waals surface area contributed by atoms with Gasteiger partial charge in [-0.05, 0) is 17.7 Å². The molecule has 2 amide bonds. The molecule has 0 spiro atoms. The van der Waals surface area contributed by atoms with Crippen LogP contribution in [0, 0.1) is 0 Å². The predicted molar refractivity (Wildman–Crippen MR) is 77.1 cm³/mol. The van der Waals surface area contributed by atoms with E-state index in [0.29, 0.717) is 13.2 Å². The molecule has 1 heterocycles. The van der Waals surface area contributed by atoms with E-state index in [9.17, 15) is 9.59 Å². The van der Waals surface area contributed by atoms with Crippen molar-refractivity contribution in [3.63, 3.8) is 0 Å². The highest BCUT2D eigenvalue weighted by atomic mass is 16.5. The van der Waals surface area contributed by atoms with Crippen LogP contribution in [0.25, 0.3) is 6.08 Å². The van der Waals surface area contributed by atoms with Crippen molar-refractivity contribution >= 4 is 23.6 Å². The molecule has 0 aliphatic carbocycles. The molecule has 1 aromatic carbocycles. The van der Waals surface area contributed by atoms with Crippen LogP contribution in [0.2, 0.25) is 0 Å². The van der Waals surface area contributed by atoms with Gasteiger partial charge in [0.25, 0.3) is 5.91 Å². The van der Waals surface area contributed by atoms with Crippen molar-refractivity contribution < 1.29 is 14.8 Å². The first-order chi connectivity index (χ1) is 9.72. The molecule has 20 heavy (non-hydrogen) atoms. The van der Waals surface area contributed by atoms with Gasteiger partial charge in [0.05, 0.1) is 18.9 Å². The molecular weight excluding hydrogens is 258 g/mol. The second-order valence-corrected chi connectivity index (χ2v) is 3.77. The van der Waals surface area contributed by atoms with E-state index < -0.39 is 5.91 Å². The molecule has 0 atom stereocenters. The van der Waals surface area contributed by atoms with E-state index in [1.54, 1.807) is 23.1 Å². The maximum atomic E-state index is 11.6. The third-order valence-corrected chi connectivity index (χ3v) is 2.60. The fourth-order valence-corrected chi connectivity index (χ4v) is 1.75. The van der Waals surface area contributed by atoms with Crippen LogP contribution in [0.5, 0.6) is 0 Å². The zero-order chi connectivity index (χ0) is 15.0. The molecule has 1 aromatic rings. The quantitative estimate of drug-likeness (QED) is 0.439. The summed E-state index contributed by atoms with van der Waals surface area (Å²) in [5.41, 5.74) is 2.98. The number of hydroxylamine groups is 1. The third-order valence-electron chi connectivity index (χ3n) is 2.60. The number of amides is 2. The van der Waals surface area contributed by atoms with Gasteiger partial charge in [0.15, 0.2) is 0 Å². The standard InChI is InChI=1S/C12H13N3O3.C2H6/c16-11(14-18)6-5-9-3-1-2-4-10(9)15-8-13-7-12(15)17;1-2/h1-6,13,18H,7-8H2,(H,14,16);1-2H3/b6-5+;. The van der Waals surface area contributed by atoms with Gasteiger partial charge in [-0.25, -0.2) is 5.48 Å². The number of nitrogens with zero attached hydrogens (tertiary/aromatic N) is 1. The SMILES string of the molecule is CC.O=C(/C=C/c1ccccc1N1CNCC1=O)NO. The molecule has 3 N–H and O–H groups in total. The number of nitrogens with one attached hydrogen (secondary N) is 2. The predicted octanol–water partition coefficient (Wildman–Crippen LogP) is 1.13. The van der Waals surface area contributed by atoms with Crippen molar-refractivity contribution in [3.8, 4) is 0 Å². The molecule has 0 unspecified atom stereocenters. The van der Waals surface area contributed by atoms with E-state index in [1.807, 2.05) is 26.0 Å². The fourth-order valence-electron chi connectivity index (χ4n) is 1.75. The van der Waals surface area contributed by atoms with Gasteiger partial charge < -0.3 is 0 Å². The van der Waals surface area contributed by atoms with Crippen LogP contribution < -0.4 is 15.7 Å². The van der Waals surface area contributed by atoms with Crippen LogP contribution in [-0.2, 0) is 9.59 Å². The highest BCUT2D eigenvalue weighted by Gasteiger charge is 2.22. The Hall–Kier alpha value is -2.18. The van der Waals surface area contributed by atoms with Crippen molar-refractivity contribution in [2.45, 2.75) is 13.8 Å². The average molecular weight is 277 g/mol. The Bertz CT molecular complexity index is 500. The first kappa shape index (κ1) is 15.9. The number of hydrogen-bond acceptors (Lipinski definition) is 4. The first-order valence-corrected chi connectivity index (χ1v) is 6.44. The minimum absolute atomic E-state index is 0.0116. The van der Waals surface area contributed by atoms with Crippen LogP contribution in [0.4, 0.5) is 5.69 Å². The molecule has 2 rings (SSSR count). The lowest BCUT2D eigenvalue weighted by Gasteiger charge is -2.17. The van der Waals surface area contributed by atoms with Crippen LogP contribution in [0.15, 0.2) is 30.3 Å². The van der Waals surface area contributed by atoms with Crippen LogP contribution in [0.1, 0.15) is 19.4 Å². The van der Waals surface area contributed by atoms with Crippen LogP contribution in [0.3, 0.4) is 0 Å². The minimum Gasteiger partial charge on any atom is -0.297 e.